The van der Waals surface area contributed by atoms with Gasteiger partial charge in [0.15, 0.2) is 11.6 Å². The van der Waals surface area contributed by atoms with Crippen LogP contribution in [0.4, 0.5) is 28.9 Å². The van der Waals surface area contributed by atoms with Crippen molar-refractivity contribution in [2.45, 2.75) is 6.54 Å². The molecule has 2 aromatic rings. The molecule has 0 unspecified atom stereocenters. The number of nitrogens with one attached hydrogen (secondary N) is 1. The molecule has 0 aromatic heterocycles. The zero-order valence-electron chi connectivity index (χ0n) is 9.68. The first-order valence-electron chi connectivity index (χ1n) is 5.39. The van der Waals surface area contributed by atoms with Crippen LogP contribution in [0.2, 0.25) is 0 Å². The predicted octanol–water partition coefficient (Wildman–Crippen LogP) is 3.44. The third-order valence-electron chi connectivity index (χ3n) is 2.53. The van der Waals surface area contributed by atoms with Crippen molar-refractivity contribution >= 4 is 11.4 Å². The summed E-state index contributed by atoms with van der Waals surface area (Å²) in [5.74, 6) is -3.08. The molecule has 2 aromatic carbocycles. The van der Waals surface area contributed by atoms with Gasteiger partial charge in [0.25, 0.3) is 0 Å². The van der Waals surface area contributed by atoms with Crippen molar-refractivity contribution in [2.24, 2.45) is 0 Å². The number of hydrogen-bond donors (Lipinski definition) is 2. The molecule has 0 aliphatic heterocycles. The number of hydrogen-bond acceptors (Lipinski definition) is 2. The second kappa shape index (κ2) is 5.17. The Balaban J connectivity index is 2.21. The minimum atomic E-state index is -0.894. The second-order valence-electron chi connectivity index (χ2n) is 3.95. The van der Waals surface area contributed by atoms with Crippen LogP contribution in [0.25, 0.3) is 0 Å². The van der Waals surface area contributed by atoms with E-state index in [1.54, 1.807) is 0 Å². The van der Waals surface area contributed by atoms with E-state index in [2.05, 4.69) is 5.32 Å². The Labute approximate surface area is 106 Å². The molecule has 2 rings (SSSR count). The molecule has 0 atom stereocenters. The highest BCUT2D eigenvalue weighted by Gasteiger charge is 2.11. The topological polar surface area (TPSA) is 38.0 Å². The summed E-state index contributed by atoms with van der Waals surface area (Å²) in [4.78, 5) is 0. The van der Waals surface area contributed by atoms with Crippen molar-refractivity contribution < 1.29 is 17.6 Å². The van der Waals surface area contributed by atoms with Crippen LogP contribution in [-0.4, -0.2) is 0 Å². The largest absolute Gasteiger partial charge is 0.399 e. The van der Waals surface area contributed by atoms with Crippen LogP contribution >= 0.6 is 0 Å². The van der Waals surface area contributed by atoms with Crippen LogP contribution in [0.1, 0.15) is 5.56 Å². The lowest BCUT2D eigenvalue weighted by atomic mass is 10.2. The summed E-state index contributed by atoms with van der Waals surface area (Å²) in [6.45, 7) is -0.249. The van der Waals surface area contributed by atoms with Crippen LogP contribution in [0.3, 0.4) is 0 Å². The summed E-state index contributed by atoms with van der Waals surface area (Å²) < 4.78 is 53.1. The van der Waals surface area contributed by atoms with Crippen molar-refractivity contribution in [3.63, 3.8) is 0 Å². The normalized spacial score (nSPS) is 10.5. The average Bonchev–Trinajstić information content (AvgIpc) is 2.32. The molecule has 0 heterocycles. The summed E-state index contributed by atoms with van der Waals surface area (Å²) >= 11 is 0. The molecule has 0 spiro atoms. The highest BCUT2D eigenvalue weighted by atomic mass is 19.1. The quantitative estimate of drug-likeness (QED) is 0.662. The lowest BCUT2D eigenvalue weighted by Gasteiger charge is -2.10. The maximum Gasteiger partial charge on any atom is 0.151 e. The Hall–Kier alpha value is -2.24. The van der Waals surface area contributed by atoms with Gasteiger partial charge in [0.2, 0.25) is 0 Å². The van der Waals surface area contributed by atoms with Gasteiger partial charge in [0.05, 0.1) is 0 Å². The zero-order valence-corrected chi connectivity index (χ0v) is 9.68. The lowest BCUT2D eigenvalue weighted by Crippen LogP contribution is -2.06. The van der Waals surface area contributed by atoms with E-state index in [0.29, 0.717) is 0 Å². The minimum absolute atomic E-state index is 0.0318. The Kier molecular flexibility index (Phi) is 3.59. The molecule has 3 N–H and O–H groups in total. The number of rotatable bonds is 3. The molecule has 0 saturated heterocycles. The van der Waals surface area contributed by atoms with Gasteiger partial charge in [-0.2, -0.15) is 0 Å². The molecule has 0 amide bonds. The van der Waals surface area contributed by atoms with Crippen LogP contribution in [-0.2, 0) is 6.54 Å². The third kappa shape index (κ3) is 2.96. The average molecular weight is 270 g/mol. The van der Waals surface area contributed by atoms with Gasteiger partial charge >= 0.3 is 0 Å². The van der Waals surface area contributed by atoms with Gasteiger partial charge in [-0.15, -0.1) is 0 Å². The van der Waals surface area contributed by atoms with E-state index in [9.17, 15) is 17.6 Å². The molecule has 0 bridgehead atoms. The number of nitrogen functional groups attached to an aromatic ring is 1. The molecular weight excluding hydrogens is 260 g/mol. The van der Waals surface area contributed by atoms with Crippen molar-refractivity contribution in [2.75, 3.05) is 11.1 Å². The highest BCUT2D eigenvalue weighted by molar-refractivity contribution is 5.54. The fraction of sp³-hybridized carbons (Fsp3) is 0.0769. The van der Waals surface area contributed by atoms with Gasteiger partial charge in [-0.05, 0) is 30.3 Å². The molecule has 19 heavy (non-hydrogen) atoms. The molecule has 0 aliphatic rings. The van der Waals surface area contributed by atoms with Crippen molar-refractivity contribution in [1.82, 2.24) is 0 Å². The molecule has 0 saturated carbocycles. The fourth-order valence-electron chi connectivity index (χ4n) is 1.62. The lowest BCUT2D eigenvalue weighted by molar-refractivity contribution is 0.580. The molecule has 0 aliphatic carbocycles. The number of halogens is 4. The van der Waals surface area contributed by atoms with Gasteiger partial charge in [0.1, 0.15) is 17.3 Å². The first-order valence-corrected chi connectivity index (χ1v) is 5.39. The number of benzene rings is 2. The second-order valence-corrected chi connectivity index (χ2v) is 3.95. The monoisotopic (exact) mass is 270 g/mol. The number of anilines is 2. The highest BCUT2D eigenvalue weighted by Crippen LogP contribution is 2.23. The molecule has 2 nitrogen and oxygen atoms in total. The standard InChI is InChI=1S/C13H10F4N2/c14-8-1-2-10(15)7(3-8)6-19-13-11(16)4-9(18)5-12(13)17/h1-5,19H,6,18H2. The molecule has 6 heteroatoms. The van der Waals surface area contributed by atoms with E-state index >= 15 is 0 Å². The Bertz CT molecular complexity index is 591. The third-order valence-corrected chi connectivity index (χ3v) is 2.53. The summed E-state index contributed by atoms with van der Waals surface area (Å²) in [6.07, 6.45) is 0. The predicted molar refractivity (Wildman–Crippen MR) is 64.5 cm³/mol. The SMILES string of the molecule is Nc1cc(F)c(NCc2cc(F)ccc2F)c(F)c1. The van der Waals surface area contributed by atoms with E-state index in [-0.39, 0.29) is 17.8 Å². The van der Waals surface area contributed by atoms with E-state index in [0.717, 1.165) is 30.3 Å². The molecule has 100 valence electrons. The minimum Gasteiger partial charge on any atom is -0.399 e. The van der Waals surface area contributed by atoms with Crippen LogP contribution in [0.15, 0.2) is 30.3 Å². The van der Waals surface area contributed by atoms with Crippen LogP contribution < -0.4 is 11.1 Å². The van der Waals surface area contributed by atoms with E-state index in [1.807, 2.05) is 0 Å². The van der Waals surface area contributed by atoms with Gasteiger partial charge < -0.3 is 11.1 Å². The van der Waals surface area contributed by atoms with E-state index in [1.165, 1.54) is 0 Å². The maximum atomic E-state index is 13.4. The van der Waals surface area contributed by atoms with Crippen LogP contribution in [0.5, 0.6) is 0 Å². The van der Waals surface area contributed by atoms with E-state index in [4.69, 9.17) is 5.73 Å². The Morgan fingerprint density at radius 1 is 0.895 bits per heavy atom. The molecular formula is C13H10F4N2. The van der Waals surface area contributed by atoms with Crippen molar-refractivity contribution in [1.29, 1.82) is 0 Å². The van der Waals surface area contributed by atoms with Gasteiger partial charge in [-0.1, -0.05) is 0 Å². The Morgan fingerprint density at radius 2 is 1.53 bits per heavy atom. The zero-order chi connectivity index (χ0) is 14.0. The maximum absolute atomic E-state index is 13.4. The molecule has 0 radical (unpaired) electrons. The Morgan fingerprint density at radius 3 is 2.16 bits per heavy atom. The van der Waals surface area contributed by atoms with Gasteiger partial charge in [0, 0.05) is 17.8 Å². The molecule has 0 fully saturated rings. The van der Waals surface area contributed by atoms with Crippen LogP contribution in [0, 0.1) is 23.3 Å². The summed E-state index contributed by atoms with van der Waals surface area (Å²) in [5, 5.41) is 2.38. The number of nitrogens with two attached hydrogens (primary N) is 1. The van der Waals surface area contributed by atoms with Crippen molar-refractivity contribution in [3.8, 4) is 0 Å². The summed E-state index contributed by atoms with van der Waals surface area (Å²) in [5.41, 5.74) is 4.74. The van der Waals surface area contributed by atoms with E-state index < -0.39 is 29.0 Å². The first kappa shape index (κ1) is 13.2. The summed E-state index contributed by atoms with van der Waals surface area (Å²) in [7, 11) is 0. The summed E-state index contributed by atoms with van der Waals surface area (Å²) in [6, 6.07) is 4.74. The smallest absolute Gasteiger partial charge is 0.151 e. The van der Waals surface area contributed by atoms with Gasteiger partial charge in [-0.25, -0.2) is 17.6 Å². The van der Waals surface area contributed by atoms with Crippen molar-refractivity contribution in [3.05, 3.63) is 59.2 Å². The van der Waals surface area contributed by atoms with Gasteiger partial charge in [-0.3, -0.25) is 0 Å². The fourth-order valence-corrected chi connectivity index (χ4v) is 1.62. The first-order chi connectivity index (χ1) is 8.97.